The summed E-state index contributed by atoms with van der Waals surface area (Å²) < 4.78 is 6.01. The molecule has 0 N–H and O–H groups in total. The molecule has 0 amide bonds. The molecule has 1 saturated carbocycles. The van der Waals surface area contributed by atoms with Crippen molar-refractivity contribution in [3.8, 4) is 0 Å². The summed E-state index contributed by atoms with van der Waals surface area (Å²) in [6, 6.07) is 0. The lowest BCUT2D eigenvalue weighted by Gasteiger charge is -2.41. The summed E-state index contributed by atoms with van der Waals surface area (Å²) in [5, 5.41) is 0. The Kier molecular flexibility index (Phi) is 4.33. The van der Waals surface area contributed by atoms with E-state index >= 15 is 0 Å². The zero-order valence-electron chi connectivity index (χ0n) is 9.75. The van der Waals surface area contributed by atoms with Gasteiger partial charge in [-0.3, -0.25) is 0 Å². The molecule has 2 heteroatoms. The van der Waals surface area contributed by atoms with Crippen molar-refractivity contribution in [3.63, 3.8) is 0 Å². The number of rotatable bonds is 2. The molecule has 2 rings (SSSR count). The highest BCUT2D eigenvalue weighted by Gasteiger charge is 2.36. The molecule has 2 aliphatic rings. The summed E-state index contributed by atoms with van der Waals surface area (Å²) in [4.78, 5) is 0. The van der Waals surface area contributed by atoms with Gasteiger partial charge < -0.3 is 4.74 Å². The maximum Gasteiger partial charge on any atom is 0.0645 e. The van der Waals surface area contributed by atoms with Gasteiger partial charge in [0, 0.05) is 12.5 Å². The van der Waals surface area contributed by atoms with Gasteiger partial charge in [-0.2, -0.15) is 0 Å². The highest BCUT2D eigenvalue weighted by Crippen LogP contribution is 2.38. The van der Waals surface area contributed by atoms with Crippen LogP contribution < -0.4 is 0 Å². The fraction of sp³-hybridized carbons (Fsp3) is 1.00. The minimum Gasteiger partial charge on any atom is -0.378 e. The van der Waals surface area contributed by atoms with E-state index < -0.39 is 0 Å². The number of ether oxygens (including phenoxy) is 1. The number of alkyl halides is 1. The molecular formula is C13H23ClO. The van der Waals surface area contributed by atoms with Crippen LogP contribution in [0.3, 0.4) is 0 Å². The maximum atomic E-state index is 6.06. The molecule has 0 radical (unpaired) electrons. The third-order valence-corrected chi connectivity index (χ3v) is 4.69. The topological polar surface area (TPSA) is 9.23 Å². The highest BCUT2D eigenvalue weighted by atomic mass is 35.5. The van der Waals surface area contributed by atoms with Crippen molar-refractivity contribution in [1.29, 1.82) is 0 Å². The summed E-state index contributed by atoms with van der Waals surface area (Å²) >= 11 is 6.06. The van der Waals surface area contributed by atoms with Crippen LogP contribution in [-0.4, -0.2) is 18.6 Å². The van der Waals surface area contributed by atoms with Crippen molar-refractivity contribution in [1.82, 2.24) is 0 Å². The quantitative estimate of drug-likeness (QED) is 0.655. The second-order valence-electron chi connectivity index (χ2n) is 5.32. The lowest BCUT2D eigenvalue weighted by atomic mass is 9.73. The van der Waals surface area contributed by atoms with Crippen LogP contribution in [0.15, 0.2) is 0 Å². The predicted molar refractivity (Wildman–Crippen MR) is 64.3 cm³/mol. The Labute approximate surface area is 98.5 Å². The van der Waals surface area contributed by atoms with E-state index in [1.807, 2.05) is 0 Å². The monoisotopic (exact) mass is 230 g/mol. The van der Waals surface area contributed by atoms with Gasteiger partial charge in [-0.25, -0.2) is 0 Å². The van der Waals surface area contributed by atoms with Crippen LogP contribution in [0.4, 0.5) is 0 Å². The van der Waals surface area contributed by atoms with E-state index in [9.17, 15) is 0 Å². The third kappa shape index (κ3) is 2.68. The third-order valence-electron chi connectivity index (χ3n) is 4.29. The Morgan fingerprint density at radius 2 is 1.93 bits per heavy atom. The van der Waals surface area contributed by atoms with E-state index in [0.717, 1.165) is 24.3 Å². The number of hydrogen-bond acceptors (Lipinski definition) is 1. The van der Waals surface area contributed by atoms with E-state index in [1.54, 1.807) is 0 Å². The van der Waals surface area contributed by atoms with E-state index in [0.29, 0.717) is 12.0 Å². The van der Waals surface area contributed by atoms with Crippen LogP contribution >= 0.6 is 11.6 Å². The van der Waals surface area contributed by atoms with Crippen LogP contribution in [0.5, 0.6) is 0 Å². The zero-order valence-corrected chi connectivity index (χ0v) is 10.5. The van der Waals surface area contributed by atoms with Gasteiger partial charge in [-0.15, -0.1) is 11.6 Å². The van der Waals surface area contributed by atoms with Crippen LogP contribution in [0, 0.1) is 17.8 Å². The Bertz CT molecular complexity index is 195. The van der Waals surface area contributed by atoms with Gasteiger partial charge in [0.05, 0.1) is 6.10 Å². The normalized spacial score (nSPS) is 42.8. The van der Waals surface area contributed by atoms with Crippen molar-refractivity contribution < 1.29 is 4.74 Å². The van der Waals surface area contributed by atoms with Crippen molar-refractivity contribution in [2.24, 2.45) is 17.8 Å². The molecule has 1 aliphatic carbocycles. The summed E-state index contributed by atoms with van der Waals surface area (Å²) in [5.74, 6) is 3.02. The van der Waals surface area contributed by atoms with Gasteiger partial charge >= 0.3 is 0 Å². The zero-order chi connectivity index (χ0) is 10.7. The smallest absolute Gasteiger partial charge is 0.0645 e. The Morgan fingerprint density at radius 1 is 1.13 bits per heavy atom. The SMILES string of the molecule is CC1CCCCC1C1OCCCC1CCl. The van der Waals surface area contributed by atoms with Crippen molar-refractivity contribution >= 4 is 11.6 Å². The summed E-state index contributed by atoms with van der Waals surface area (Å²) in [6.45, 7) is 3.36. The first-order valence-electron chi connectivity index (χ1n) is 6.50. The van der Waals surface area contributed by atoms with Gasteiger partial charge in [0.25, 0.3) is 0 Å². The minimum absolute atomic E-state index is 0.464. The molecule has 0 spiro atoms. The lowest BCUT2D eigenvalue weighted by Crippen LogP contribution is -2.40. The fourth-order valence-corrected chi connectivity index (χ4v) is 3.67. The highest BCUT2D eigenvalue weighted by molar-refractivity contribution is 6.18. The first kappa shape index (κ1) is 11.7. The van der Waals surface area contributed by atoms with E-state index in [-0.39, 0.29) is 0 Å². The first-order chi connectivity index (χ1) is 7.33. The fourth-order valence-electron chi connectivity index (χ4n) is 3.34. The Hall–Kier alpha value is 0.250. The maximum absolute atomic E-state index is 6.06. The molecular weight excluding hydrogens is 208 g/mol. The second kappa shape index (κ2) is 5.54. The first-order valence-corrected chi connectivity index (χ1v) is 7.04. The molecule has 1 aliphatic heterocycles. The van der Waals surface area contributed by atoms with Gasteiger partial charge in [0.15, 0.2) is 0 Å². The molecule has 1 nitrogen and oxygen atoms in total. The van der Waals surface area contributed by atoms with Gasteiger partial charge in [-0.1, -0.05) is 26.2 Å². The molecule has 0 bridgehead atoms. The molecule has 0 aromatic rings. The number of halogens is 1. The van der Waals surface area contributed by atoms with Gasteiger partial charge in [0.2, 0.25) is 0 Å². The standard InChI is InChI=1S/C13H23ClO/c1-10-5-2-3-7-12(10)13-11(9-14)6-4-8-15-13/h10-13H,2-9H2,1H3. The van der Waals surface area contributed by atoms with E-state index in [1.165, 1.54) is 38.5 Å². The van der Waals surface area contributed by atoms with Gasteiger partial charge in [-0.05, 0) is 37.0 Å². The second-order valence-corrected chi connectivity index (χ2v) is 5.63. The minimum atomic E-state index is 0.464. The molecule has 88 valence electrons. The summed E-state index contributed by atoms with van der Waals surface area (Å²) in [7, 11) is 0. The lowest BCUT2D eigenvalue weighted by molar-refractivity contribution is -0.0753. The van der Waals surface area contributed by atoms with Crippen LogP contribution in [0.1, 0.15) is 45.4 Å². The summed E-state index contributed by atoms with van der Waals surface area (Å²) in [6.07, 6.45) is 8.50. The van der Waals surface area contributed by atoms with Crippen LogP contribution in [-0.2, 0) is 4.74 Å². The number of hydrogen-bond donors (Lipinski definition) is 0. The molecule has 0 aromatic carbocycles. The largest absolute Gasteiger partial charge is 0.378 e. The van der Waals surface area contributed by atoms with Gasteiger partial charge in [0.1, 0.15) is 0 Å². The average molecular weight is 231 g/mol. The molecule has 1 heterocycles. The Balaban J connectivity index is 1.99. The molecule has 2 fully saturated rings. The Morgan fingerprint density at radius 3 is 2.67 bits per heavy atom. The molecule has 0 aromatic heterocycles. The molecule has 1 saturated heterocycles. The molecule has 4 unspecified atom stereocenters. The predicted octanol–water partition coefficient (Wildman–Crippen LogP) is 3.85. The van der Waals surface area contributed by atoms with E-state index in [2.05, 4.69) is 6.92 Å². The van der Waals surface area contributed by atoms with Crippen LogP contribution in [0.2, 0.25) is 0 Å². The average Bonchev–Trinajstić information content (AvgIpc) is 2.30. The molecule has 4 atom stereocenters. The van der Waals surface area contributed by atoms with Crippen LogP contribution in [0.25, 0.3) is 0 Å². The van der Waals surface area contributed by atoms with Crippen molar-refractivity contribution in [2.75, 3.05) is 12.5 Å². The van der Waals surface area contributed by atoms with E-state index in [4.69, 9.17) is 16.3 Å². The molecule has 15 heavy (non-hydrogen) atoms. The van der Waals surface area contributed by atoms with Crippen molar-refractivity contribution in [2.45, 2.75) is 51.6 Å². The summed E-state index contributed by atoms with van der Waals surface area (Å²) in [5.41, 5.74) is 0. The van der Waals surface area contributed by atoms with Crippen molar-refractivity contribution in [3.05, 3.63) is 0 Å².